The molecule has 2 aliphatic rings. The van der Waals surface area contributed by atoms with E-state index in [1.165, 1.54) is 35.9 Å². The highest BCUT2D eigenvalue weighted by Gasteiger charge is 2.69. The van der Waals surface area contributed by atoms with Gasteiger partial charge in [0.25, 0.3) is 5.92 Å². The van der Waals surface area contributed by atoms with Gasteiger partial charge in [-0.05, 0) is 55.5 Å². The van der Waals surface area contributed by atoms with Crippen molar-refractivity contribution in [3.63, 3.8) is 0 Å². The molecule has 1 aromatic heterocycles. The maximum Gasteiger partial charge on any atom is 0.250 e. The Labute approximate surface area is 179 Å². The van der Waals surface area contributed by atoms with Gasteiger partial charge in [-0.3, -0.25) is 9.07 Å². The van der Waals surface area contributed by atoms with Crippen LogP contribution in [-0.4, -0.2) is 32.0 Å². The fraction of sp³-hybridized carbons (Fsp3) is 0.409. The van der Waals surface area contributed by atoms with E-state index in [9.17, 15) is 21.6 Å². The molecule has 0 spiro atoms. The SMILES string of the molecule is [B]C(C)(F)c1ccc(S(=O)(=O)c2nn(C34CC3CC(F)(F)C4)c3c(C)cccc23)cc1. The van der Waals surface area contributed by atoms with Crippen LogP contribution in [0.4, 0.5) is 13.2 Å². The van der Waals surface area contributed by atoms with Crippen molar-refractivity contribution in [2.24, 2.45) is 5.92 Å². The number of benzene rings is 2. The topological polar surface area (TPSA) is 52.0 Å². The van der Waals surface area contributed by atoms with Gasteiger partial charge in [0.1, 0.15) is 7.85 Å². The van der Waals surface area contributed by atoms with Crippen LogP contribution in [0.15, 0.2) is 52.4 Å². The smallest absolute Gasteiger partial charge is 0.250 e. The number of nitrogens with zero attached hydrogens (tertiary/aromatic N) is 2. The lowest BCUT2D eigenvalue weighted by Gasteiger charge is -2.18. The maximum absolute atomic E-state index is 14.1. The molecule has 1 heterocycles. The number of para-hydroxylation sites is 1. The van der Waals surface area contributed by atoms with Crippen LogP contribution in [0.2, 0.25) is 0 Å². The monoisotopic (exact) mass is 444 g/mol. The molecule has 160 valence electrons. The molecular formula is C22H20BF3N2O2S. The Morgan fingerprint density at radius 2 is 1.84 bits per heavy atom. The number of halogens is 3. The number of hydrogen-bond donors (Lipinski definition) is 0. The normalized spacial score (nSPS) is 26.5. The first-order valence-corrected chi connectivity index (χ1v) is 11.5. The maximum atomic E-state index is 14.1. The zero-order valence-corrected chi connectivity index (χ0v) is 17.9. The van der Waals surface area contributed by atoms with E-state index < -0.39 is 26.9 Å². The third kappa shape index (κ3) is 3.03. The van der Waals surface area contributed by atoms with E-state index in [0.717, 1.165) is 5.56 Å². The number of aryl methyl sites for hydroxylation is 1. The van der Waals surface area contributed by atoms with E-state index in [4.69, 9.17) is 7.85 Å². The molecule has 3 aromatic rings. The van der Waals surface area contributed by atoms with Gasteiger partial charge in [-0.2, -0.15) is 5.10 Å². The number of sulfone groups is 1. The second kappa shape index (κ2) is 6.15. The van der Waals surface area contributed by atoms with E-state index in [1.807, 2.05) is 13.0 Å². The van der Waals surface area contributed by atoms with Crippen LogP contribution in [0.1, 0.15) is 37.3 Å². The Bertz CT molecular complexity index is 1310. The average molecular weight is 444 g/mol. The Hall–Kier alpha value is -2.29. The van der Waals surface area contributed by atoms with Crippen molar-refractivity contribution >= 4 is 28.6 Å². The summed E-state index contributed by atoms with van der Waals surface area (Å²) >= 11 is 0. The van der Waals surface area contributed by atoms with E-state index in [1.54, 1.807) is 12.1 Å². The van der Waals surface area contributed by atoms with Crippen molar-refractivity contribution in [2.45, 2.75) is 60.1 Å². The molecule has 2 fully saturated rings. The van der Waals surface area contributed by atoms with Crippen LogP contribution in [0, 0.1) is 12.8 Å². The molecule has 31 heavy (non-hydrogen) atoms. The number of rotatable bonds is 4. The number of hydrogen-bond acceptors (Lipinski definition) is 3. The van der Waals surface area contributed by atoms with Crippen molar-refractivity contribution in [3.8, 4) is 0 Å². The molecule has 0 bridgehead atoms. The number of fused-ring (bicyclic) bond motifs is 2. The molecule has 2 aliphatic carbocycles. The summed E-state index contributed by atoms with van der Waals surface area (Å²) in [7, 11) is 1.37. The Morgan fingerprint density at radius 1 is 1.16 bits per heavy atom. The highest BCUT2D eigenvalue weighted by Crippen LogP contribution is 2.66. The summed E-state index contributed by atoms with van der Waals surface area (Å²) in [6.45, 7) is 2.99. The lowest BCUT2D eigenvalue weighted by atomic mass is 9.79. The molecule has 0 amide bonds. The van der Waals surface area contributed by atoms with Crippen molar-refractivity contribution in [1.82, 2.24) is 9.78 Å². The standard InChI is InChI=1S/C22H20BF3N2O2S/c1-13-4-3-5-17-18(13)28(21-10-15(21)11-22(25,26)12-21)27-19(17)31(29,30)16-8-6-14(7-9-16)20(2,23)24/h3-9,15H,10-12H2,1-2H3. The summed E-state index contributed by atoms with van der Waals surface area (Å²) in [5.41, 5.74) is -1.46. The van der Waals surface area contributed by atoms with E-state index >= 15 is 0 Å². The second-order valence-electron chi connectivity index (χ2n) is 9.03. The molecule has 2 radical (unpaired) electrons. The summed E-state index contributed by atoms with van der Waals surface area (Å²) < 4.78 is 70.6. The molecule has 0 aliphatic heterocycles. The number of aromatic nitrogens is 2. The third-order valence-electron chi connectivity index (χ3n) is 6.59. The first-order valence-electron chi connectivity index (χ1n) is 10.1. The van der Waals surface area contributed by atoms with Crippen LogP contribution < -0.4 is 0 Å². The van der Waals surface area contributed by atoms with Gasteiger partial charge in [0.2, 0.25) is 9.84 Å². The van der Waals surface area contributed by atoms with Crippen LogP contribution in [0.25, 0.3) is 10.9 Å². The van der Waals surface area contributed by atoms with E-state index in [0.29, 0.717) is 17.3 Å². The molecule has 9 heteroatoms. The van der Waals surface area contributed by atoms with Gasteiger partial charge < -0.3 is 0 Å². The molecule has 3 unspecified atom stereocenters. The molecule has 3 atom stereocenters. The molecular weight excluding hydrogens is 424 g/mol. The van der Waals surface area contributed by atoms with Crippen molar-refractivity contribution < 1.29 is 21.6 Å². The zero-order valence-electron chi connectivity index (χ0n) is 17.1. The first-order chi connectivity index (χ1) is 14.4. The molecule has 0 N–H and O–H groups in total. The number of alkyl halides is 3. The van der Waals surface area contributed by atoms with E-state index in [-0.39, 0.29) is 34.2 Å². The minimum Gasteiger partial charge on any atom is -0.257 e. The third-order valence-corrected chi connectivity index (χ3v) is 8.29. The van der Waals surface area contributed by atoms with Crippen LogP contribution in [-0.2, 0) is 20.9 Å². The minimum absolute atomic E-state index is 0.0600. The first kappa shape index (κ1) is 20.6. The highest BCUT2D eigenvalue weighted by molar-refractivity contribution is 7.91. The summed E-state index contributed by atoms with van der Waals surface area (Å²) in [5.74, 6) is -2.99. The summed E-state index contributed by atoms with van der Waals surface area (Å²) in [6.07, 6.45) is 0.0217. The Balaban J connectivity index is 1.67. The Kier molecular flexibility index (Phi) is 4.09. The quantitative estimate of drug-likeness (QED) is 0.552. The highest BCUT2D eigenvalue weighted by atomic mass is 32.2. The van der Waals surface area contributed by atoms with Crippen molar-refractivity contribution in [2.75, 3.05) is 0 Å². The average Bonchev–Trinajstić information content (AvgIpc) is 3.06. The van der Waals surface area contributed by atoms with Gasteiger partial charge in [-0.1, -0.05) is 24.3 Å². The fourth-order valence-corrected chi connectivity index (χ4v) is 6.32. The van der Waals surface area contributed by atoms with Crippen LogP contribution in [0.5, 0.6) is 0 Å². The van der Waals surface area contributed by atoms with Gasteiger partial charge in [0, 0.05) is 18.2 Å². The van der Waals surface area contributed by atoms with Gasteiger partial charge in [0.15, 0.2) is 5.03 Å². The minimum atomic E-state index is -4.07. The summed E-state index contributed by atoms with van der Waals surface area (Å²) in [6, 6.07) is 10.4. The zero-order chi connectivity index (χ0) is 22.4. The molecule has 2 aromatic carbocycles. The molecule has 0 saturated heterocycles. The predicted octanol–water partition coefficient (Wildman–Crippen LogP) is 4.63. The van der Waals surface area contributed by atoms with Gasteiger partial charge in [0.05, 0.1) is 21.5 Å². The lowest BCUT2D eigenvalue weighted by Crippen LogP contribution is -2.24. The largest absolute Gasteiger partial charge is 0.257 e. The summed E-state index contributed by atoms with van der Waals surface area (Å²) in [5, 5.41) is 4.65. The lowest BCUT2D eigenvalue weighted by molar-refractivity contribution is -0.00979. The van der Waals surface area contributed by atoms with Crippen LogP contribution >= 0.6 is 0 Å². The van der Waals surface area contributed by atoms with E-state index in [2.05, 4.69) is 5.10 Å². The predicted molar refractivity (Wildman–Crippen MR) is 111 cm³/mol. The van der Waals surface area contributed by atoms with Crippen molar-refractivity contribution in [3.05, 3.63) is 53.6 Å². The summed E-state index contributed by atoms with van der Waals surface area (Å²) in [4.78, 5) is -0.0600. The van der Waals surface area contributed by atoms with Crippen molar-refractivity contribution in [1.29, 1.82) is 0 Å². The van der Waals surface area contributed by atoms with Crippen LogP contribution in [0.3, 0.4) is 0 Å². The second-order valence-corrected chi connectivity index (χ2v) is 10.9. The molecule has 4 nitrogen and oxygen atoms in total. The fourth-order valence-electron chi connectivity index (χ4n) is 4.96. The van der Waals surface area contributed by atoms with Gasteiger partial charge in [-0.25, -0.2) is 17.2 Å². The Morgan fingerprint density at radius 3 is 2.42 bits per heavy atom. The molecule has 5 rings (SSSR count). The van der Waals surface area contributed by atoms with Gasteiger partial charge >= 0.3 is 0 Å². The van der Waals surface area contributed by atoms with Gasteiger partial charge in [-0.15, -0.1) is 0 Å². The molecule has 2 saturated carbocycles.